The van der Waals surface area contributed by atoms with E-state index < -0.39 is 0 Å². The summed E-state index contributed by atoms with van der Waals surface area (Å²) in [4.78, 5) is 7.95. The molecule has 0 bridgehead atoms. The molecule has 5 aromatic rings. The number of fused-ring (bicyclic) bond motifs is 3. The number of para-hydroxylation sites is 1. The number of nitrogens with zero attached hydrogens (tertiary/aromatic N) is 1. The van der Waals surface area contributed by atoms with Gasteiger partial charge in [0.05, 0.1) is 33.0 Å². The third kappa shape index (κ3) is 4.15. The zero-order chi connectivity index (χ0) is 23.5. The Morgan fingerprint density at radius 1 is 0.765 bits per heavy atom. The molecule has 0 aliphatic heterocycles. The first-order valence-electron chi connectivity index (χ1n) is 10.9. The number of hydrogen-bond acceptors (Lipinski definition) is 6. The monoisotopic (exact) mass is 455 g/mol. The van der Waals surface area contributed by atoms with Gasteiger partial charge in [0.1, 0.15) is 17.3 Å². The summed E-state index contributed by atoms with van der Waals surface area (Å²) in [6.45, 7) is 0.604. The molecule has 0 radical (unpaired) electrons. The number of rotatable bonds is 8. The van der Waals surface area contributed by atoms with Crippen LogP contribution in [0.15, 0.2) is 72.9 Å². The van der Waals surface area contributed by atoms with Gasteiger partial charge in [-0.3, -0.25) is 0 Å². The first kappa shape index (κ1) is 21.5. The van der Waals surface area contributed by atoms with E-state index in [9.17, 15) is 0 Å². The van der Waals surface area contributed by atoms with Gasteiger partial charge < -0.3 is 29.2 Å². The van der Waals surface area contributed by atoms with Crippen LogP contribution in [0.3, 0.4) is 0 Å². The molecule has 0 saturated carbocycles. The molecule has 34 heavy (non-hydrogen) atoms. The Labute approximate surface area is 197 Å². The highest BCUT2D eigenvalue weighted by Crippen LogP contribution is 2.42. The Morgan fingerprint density at radius 3 is 2.32 bits per heavy atom. The minimum Gasteiger partial charge on any atom is -0.493 e. The Morgan fingerprint density at radius 2 is 1.56 bits per heavy atom. The molecule has 2 aromatic heterocycles. The lowest BCUT2D eigenvalue weighted by molar-refractivity contribution is 0.321. The molecule has 2 N–H and O–H groups in total. The fraction of sp³-hybridized carbons (Fsp3) is 0.148. The number of nitrogens with one attached hydrogen (secondary N) is 2. The highest BCUT2D eigenvalue weighted by molar-refractivity contribution is 6.07. The summed E-state index contributed by atoms with van der Waals surface area (Å²) in [6, 6.07) is 21.8. The van der Waals surface area contributed by atoms with Crippen LogP contribution in [0.1, 0.15) is 5.56 Å². The zero-order valence-electron chi connectivity index (χ0n) is 19.2. The van der Waals surface area contributed by atoms with E-state index in [0.717, 1.165) is 27.8 Å². The van der Waals surface area contributed by atoms with Crippen LogP contribution >= 0.6 is 0 Å². The van der Waals surface area contributed by atoms with Crippen molar-refractivity contribution in [2.75, 3.05) is 26.6 Å². The van der Waals surface area contributed by atoms with Gasteiger partial charge in [-0.25, -0.2) is 4.98 Å². The van der Waals surface area contributed by atoms with Crippen molar-refractivity contribution in [1.29, 1.82) is 0 Å². The molecular weight excluding hydrogens is 430 g/mol. The largest absolute Gasteiger partial charge is 0.493 e. The lowest BCUT2D eigenvalue weighted by atomic mass is 10.2. The molecule has 7 nitrogen and oxygen atoms in total. The van der Waals surface area contributed by atoms with E-state index >= 15 is 0 Å². The summed E-state index contributed by atoms with van der Waals surface area (Å²) in [5, 5.41) is 5.74. The predicted molar refractivity (Wildman–Crippen MR) is 134 cm³/mol. The van der Waals surface area contributed by atoms with Crippen molar-refractivity contribution < 1.29 is 18.9 Å². The molecule has 172 valence electrons. The van der Waals surface area contributed by atoms with Crippen LogP contribution in [0.4, 0.5) is 5.82 Å². The fourth-order valence-corrected chi connectivity index (χ4v) is 4.01. The normalized spacial score (nSPS) is 10.9. The predicted octanol–water partition coefficient (Wildman–Crippen LogP) is 6.15. The molecule has 2 heterocycles. The average Bonchev–Trinajstić information content (AvgIpc) is 3.25. The lowest BCUT2D eigenvalue weighted by Crippen LogP contribution is -2.01. The molecule has 0 fully saturated rings. The van der Waals surface area contributed by atoms with Gasteiger partial charge in [-0.1, -0.05) is 30.3 Å². The van der Waals surface area contributed by atoms with Crippen molar-refractivity contribution in [2.24, 2.45) is 0 Å². The van der Waals surface area contributed by atoms with Crippen LogP contribution in [0.5, 0.6) is 28.7 Å². The Balaban J connectivity index is 1.33. The molecule has 0 amide bonds. The summed E-state index contributed by atoms with van der Waals surface area (Å²) < 4.78 is 22.3. The van der Waals surface area contributed by atoms with Crippen LogP contribution in [0.2, 0.25) is 0 Å². The number of aromatic nitrogens is 2. The Hall–Kier alpha value is -4.39. The van der Waals surface area contributed by atoms with Crippen LogP contribution in [-0.2, 0) is 6.54 Å². The molecule has 0 saturated heterocycles. The Kier molecular flexibility index (Phi) is 5.82. The minimum absolute atomic E-state index is 0.523. The van der Waals surface area contributed by atoms with E-state index in [1.54, 1.807) is 33.5 Å². The Bertz CT molecular complexity index is 1440. The van der Waals surface area contributed by atoms with Crippen LogP contribution in [-0.4, -0.2) is 31.3 Å². The third-order valence-corrected chi connectivity index (χ3v) is 5.64. The molecule has 0 aliphatic rings. The first-order valence-corrected chi connectivity index (χ1v) is 10.9. The van der Waals surface area contributed by atoms with Gasteiger partial charge in [-0.15, -0.1) is 0 Å². The highest BCUT2D eigenvalue weighted by atomic mass is 16.5. The van der Waals surface area contributed by atoms with Gasteiger partial charge in [-0.05, 0) is 29.8 Å². The van der Waals surface area contributed by atoms with Crippen molar-refractivity contribution in [3.8, 4) is 28.7 Å². The number of methoxy groups -OCH3 is 3. The summed E-state index contributed by atoms with van der Waals surface area (Å²) in [5.74, 6) is 3.70. The van der Waals surface area contributed by atoms with Crippen molar-refractivity contribution >= 4 is 27.6 Å². The maximum absolute atomic E-state index is 6.09. The number of benzene rings is 3. The number of aromatic amines is 1. The van der Waals surface area contributed by atoms with E-state index in [1.807, 2.05) is 42.6 Å². The smallest absolute Gasteiger partial charge is 0.203 e. The molecule has 3 aromatic carbocycles. The van der Waals surface area contributed by atoms with E-state index in [2.05, 4.69) is 33.5 Å². The third-order valence-electron chi connectivity index (χ3n) is 5.64. The van der Waals surface area contributed by atoms with Crippen LogP contribution in [0.25, 0.3) is 21.8 Å². The van der Waals surface area contributed by atoms with Crippen molar-refractivity contribution in [3.05, 3.63) is 78.5 Å². The summed E-state index contributed by atoms with van der Waals surface area (Å²) in [7, 11) is 4.73. The highest BCUT2D eigenvalue weighted by Gasteiger charge is 2.14. The topological polar surface area (TPSA) is 77.6 Å². The van der Waals surface area contributed by atoms with E-state index in [1.165, 1.54) is 5.39 Å². The molecule has 5 rings (SSSR count). The van der Waals surface area contributed by atoms with Gasteiger partial charge in [0.25, 0.3) is 0 Å². The van der Waals surface area contributed by atoms with E-state index in [-0.39, 0.29) is 0 Å². The molecule has 7 heteroatoms. The van der Waals surface area contributed by atoms with Gasteiger partial charge in [-0.2, -0.15) is 0 Å². The van der Waals surface area contributed by atoms with Crippen molar-refractivity contribution in [1.82, 2.24) is 9.97 Å². The van der Waals surface area contributed by atoms with Gasteiger partial charge in [0, 0.05) is 35.0 Å². The quantitative estimate of drug-likeness (QED) is 0.292. The van der Waals surface area contributed by atoms with Crippen LogP contribution in [0, 0.1) is 0 Å². The number of pyridine rings is 1. The second-order valence-electron chi connectivity index (χ2n) is 7.75. The molecule has 0 unspecified atom stereocenters. The molecule has 0 aliphatic carbocycles. The zero-order valence-corrected chi connectivity index (χ0v) is 19.2. The van der Waals surface area contributed by atoms with Gasteiger partial charge >= 0.3 is 0 Å². The summed E-state index contributed by atoms with van der Waals surface area (Å²) >= 11 is 0. The fourth-order valence-electron chi connectivity index (χ4n) is 4.01. The van der Waals surface area contributed by atoms with E-state index in [4.69, 9.17) is 18.9 Å². The van der Waals surface area contributed by atoms with Gasteiger partial charge in [0.2, 0.25) is 5.75 Å². The van der Waals surface area contributed by atoms with Gasteiger partial charge in [0.15, 0.2) is 11.5 Å². The average molecular weight is 456 g/mol. The molecular formula is C27H25N3O4. The maximum Gasteiger partial charge on any atom is 0.203 e. The molecule has 0 atom stereocenters. The van der Waals surface area contributed by atoms with E-state index in [0.29, 0.717) is 35.3 Å². The first-order chi connectivity index (χ1) is 16.7. The van der Waals surface area contributed by atoms with Crippen molar-refractivity contribution in [2.45, 2.75) is 6.54 Å². The SMILES string of the molecule is COc1cc(Oc2cccc(CNc3cc4c(cn3)[nH]c3ccccc34)c2)cc(OC)c1OC. The standard InChI is InChI=1S/C27H25N3O4/c1-31-24-12-19(13-25(32-2)27(24)33-3)34-18-8-6-7-17(11-18)15-28-26-14-21-20-9-4-5-10-22(20)30-23(21)16-29-26/h4-14,16,30H,15H2,1-3H3,(H,28,29). The maximum atomic E-state index is 6.09. The number of anilines is 1. The second kappa shape index (κ2) is 9.23. The molecule has 0 spiro atoms. The number of hydrogen-bond donors (Lipinski definition) is 2. The van der Waals surface area contributed by atoms with Crippen molar-refractivity contribution in [3.63, 3.8) is 0 Å². The number of H-pyrrole nitrogens is 1. The minimum atomic E-state index is 0.523. The summed E-state index contributed by atoms with van der Waals surface area (Å²) in [5.41, 5.74) is 3.19. The lowest BCUT2D eigenvalue weighted by Gasteiger charge is -2.15. The van der Waals surface area contributed by atoms with Crippen LogP contribution < -0.4 is 24.3 Å². The second-order valence-corrected chi connectivity index (χ2v) is 7.75. The number of ether oxygens (including phenoxy) is 4. The summed E-state index contributed by atoms with van der Waals surface area (Å²) in [6.07, 6.45) is 1.86.